The molecule has 96 valence electrons. The minimum atomic E-state index is -2.82. The van der Waals surface area contributed by atoms with Crippen LogP contribution in [0.1, 0.15) is 11.1 Å². The minimum Gasteiger partial charge on any atom is -0.435 e. The number of alkyl halides is 2. The molecule has 0 aliphatic carbocycles. The van der Waals surface area contributed by atoms with Gasteiger partial charge in [-0.2, -0.15) is 8.78 Å². The summed E-state index contributed by atoms with van der Waals surface area (Å²) in [6.07, 6.45) is 0. The SMILES string of the molecule is Bc1cccc(C(=C)c2cccc(OC(F)F)c2)c1. The molecule has 1 nitrogen and oxygen atoms in total. The molecule has 19 heavy (non-hydrogen) atoms. The summed E-state index contributed by atoms with van der Waals surface area (Å²) in [4.78, 5) is 0. The zero-order valence-corrected chi connectivity index (χ0v) is 10.6. The van der Waals surface area contributed by atoms with Crippen LogP contribution in [0.25, 0.3) is 5.57 Å². The van der Waals surface area contributed by atoms with Gasteiger partial charge in [-0.25, -0.2) is 0 Å². The van der Waals surface area contributed by atoms with Crippen LogP contribution in [0, 0.1) is 0 Å². The summed E-state index contributed by atoms with van der Waals surface area (Å²) in [5.74, 6) is 0.140. The lowest BCUT2D eigenvalue weighted by molar-refractivity contribution is -0.0498. The second-order valence-electron chi connectivity index (χ2n) is 4.25. The highest BCUT2D eigenvalue weighted by Gasteiger charge is 2.07. The van der Waals surface area contributed by atoms with Crippen molar-refractivity contribution in [1.82, 2.24) is 0 Å². The Bertz CT molecular complexity index is 596. The van der Waals surface area contributed by atoms with Gasteiger partial charge in [0.05, 0.1) is 0 Å². The van der Waals surface area contributed by atoms with Crippen molar-refractivity contribution in [1.29, 1.82) is 0 Å². The van der Waals surface area contributed by atoms with E-state index in [0.29, 0.717) is 0 Å². The van der Waals surface area contributed by atoms with Gasteiger partial charge in [-0.1, -0.05) is 48.4 Å². The van der Waals surface area contributed by atoms with E-state index in [1.165, 1.54) is 6.07 Å². The molecule has 0 heterocycles. The average Bonchev–Trinajstić information content (AvgIpc) is 2.37. The molecule has 0 saturated carbocycles. The lowest BCUT2D eigenvalue weighted by Gasteiger charge is -2.10. The molecule has 0 saturated heterocycles. The van der Waals surface area contributed by atoms with Gasteiger partial charge in [0.2, 0.25) is 0 Å². The zero-order valence-electron chi connectivity index (χ0n) is 10.6. The van der Waals surface area contributed by atoms with Crippen LogP contribution in [0.5, 0.6) is 5.75 Å². The molecule has 0 radical (unpaired) electrons. The fourth-order valence-electron chi connectivity index (χ4n) is 1.86. The average molecular weight is 258 g/mol. The zero-order chi connectivity index (χ0) is 13.8. The first kappa shape index (κ1) is 13.3. The van der Waals surface area contributed by atoms with Crippen LogP contribution in [-0.4, -0.2) is 14.5 Å². The Hall–Kier alpha value is -2.10. The van der Waals surface area contributed by atoms with Crippen LogP contribution >= 0.6 is 0 Å². The van der Waals surface area contributed by atoms with Crippen molar-refractivity contribution >= 4 is 18.9 Å². The van der Waals surface area contributed by atoms with Crippen LogP contribution in [0.15, 0.2) is 55.1 Å². The Labute approximate surface area is 111 Å². The Balaban J connectivity index is 2.29. The highest BCUT2D eigenvalue weighted by molar-refractivity contribution is 6.32. The van der Waals surface area contributed by atoms with Crippen LogP contribution in [0.4, 0.5) is 8.78 Å². The minimum absolute atomic E-state index is 0.140. The quantitative estimate of drug-likeness (QED) is 0.766. The van der Waals surface area contributed by atoms with Crippen molar-refractivity contribution in [3.63, 3.8) is 0 Å². The third kappa shape index (κ3) is 3.44. The van der Waals surface area contributed by atoms with Crippen molar-refractivity contribution in [2.24, 2.45) is 0 Å². The molecule has 0 bridgehead atoms. The van der Waals surface area contributed by atoms with E-state index in [0.717, 1.165) is 22.2 Å². The standard InChI is InChI=1S/C15H13BF2O/c1-10(11-4-2-6-13(16)8-11)12-5-3-7-14(9-12)19-15(17)18/h2-9,15H,1,16H2. The summed E-state index contributed by atoms with van der Waals surface area (Å²) < 4.78 is 28.8. The van der Waals surface area contributed by atoms with E-state index in [1.54, 1.807) is 12.1 Å². The number of benzene rings is 2. The summed E-state index contributed by atoms with van der Waals surface area (Å²) in [5, 5.41) is 0. The maximum atomic E-state index is 12.2. The second kappa shape index (κ2) is 5.70. The number of hydrogen-bond donors (Lipinski definition) is 0. The Kier molecular flexibility index (Phi) is 4.00. The lowest BCUT2D eigenvalue weighted by atomic mass is 9.91. The molecule has 2 aromatic carbocycles. The number of hydrogen-bond acceptors (Lipinski definition) is 1. The van der Waals surface area contributed by atoms with E-state index in [4.69, 9.17) is 0 Å². The Morgan fingerprint density at radius 1 is 1.05 bits per heavy atom. The van der Waals surface area contributed by atoms with Gasteiger partial charge in [0.25, 0.3) is 0 Å². The van der Waals surface area contributed by atoms with E-state index < -0.39 is 6.61 Å². The van der Waals surface area contributed by atoms with Crippen LogP contribution in [0.3, 0.4) is 0 Å². The third-order valence-corrected chi connectivity index (χ3v) is 2.77. The first-order valence-corrected chi connectivity index (χ1v) is 5.87. The van der Waals surface area contributed by atoms with E-state index in [1.807, 2.05) is 38.2 Å². The molecule has 0 atom stereocenters. The predicted molar refractivity (Wildman–Crippen MR) is 75.8 cm³/mol. The first-order chi connectivity index (χ1) is 9.06. The molecule has 0 N–H and O–H groups in total. The van der Waals surface area contributed by atoms with Crippen molar-refractivity contribution < 1.29 is 13.5 Å². The van der Waals surface area contributed by atoms with Gasteiger partial charge in [-0.3, -0.25) is 0 Å². The van der Waals surface area contributed by atoms with Crippen LogP contribution in [0.2, 0.25) is 0 Å². The van der Waals surface area contributed by atoms with Crippen molar-refractivity contribution in [3.8, 4) is 5.75 Å². The Morgan fingerprint density at radius 2 is 1.68 bits per heavy atom. The van der Waals surface area contributed by atoms with E-state index in [9.17, 15) is 8.78 Å². The smallest absolute Gasteiger partial charge is 0.387 e. The third-order valence-electron chi connectivity index (χ3n) is 2.77. The molecule has 2 rings (SSSR count). The van der Waals surface area contributed by atoms with Gasteiger partial charge in [0.1, 0.15) is 13.6 Å². The van der Waals surface area contributed by atoms with Gasteiger partial charge in [-0.05, 0) is 28.8 Å². The number of halogens is 2. The van der Waals surface area contributed by atoms with Gasteiger partial charge in [0.15, 0.2) is 0 Å². The largest absolute Gasteiger partial charge is 0.435 e. The summed E-state index contributed by atoms with van der Waals surface area (Å²) in [7, 11) is 1.99. The van der Waals surface area contributed by atoms with E-state index in [-0.39, 0.29) is 5.75 Å². The van der Waals surface area contributed by atoms with Crippen LogP contribution in [-0.2, 0) is 0 Å². The maximum absolute atomic E-state index is 12.2. The molecule has 0 aliphatic rings. The van der Waals surface area contributed by atoms with Gasteiger partial charge < -0.3 is 4.74 Å². The van der Waals surface area contributed by atoms with Crippen molar-refractivity contribution in [2.45, 2.75) is 6.61 Å². The molecule has 0 unspecified atom stereocenters. The molecule has 0 aliphatic heterocycles. The molecule has 0 fully saturated rings. The molecule has 0 spiro atoms. The van der Waals surface area contributed by atoms with Gasteiger partial charge in [-0.15, -0.1) is 0 Å². The normalized spacial score (nSPS) is 10.5. The predicted octanol–water partition coefficient (Wildman–Crippen LogP) is 2.61. The summed E-state index contributed by atoms with van der Waals surface area (Å²) in [6, 6.07) is 14.4. The monoisotopic (exact) mass is 258 g/mol. The highest BCUT2D eigenvalue weighted by Crippen LogP contribution is 2.25. The molecule has 2 aromatic rings. The fraction of sp³-hybridized carbons (Fsp3) is 0.0667. The number of ether oxygens (including phenoxy) is 1. The Morgan fingerprint density at radius 3 is 2.32 bits per heavy atom. The topological polar surface area (TPSA) is 9.23 Å². The molecular formula is C15H13BF2O. The van der Waals surface area contributed by atoms with Gasteiger partial charge in [0, 0.05) is 0 Å². The summed E-state index contributed by atoms with van der Waals surface area (Å²) in [5.41, 5.74) is 3.64. The van der Waals surface area contributed by atoms with Crippen LogP contribution < -0.4 is 10.2 Å². The summed E-state index contributed by atoms with van der Waals surface area (Å²) >= 11 is 0. The van der Waals surface area contributed by atoms with Crippen molar-refractivity contribution in [2.75, 3.05) is 0 Å². The highest BCUT2D eigenvalue weighted by atomic mass is 19.3. The van der Waals surface area contributed by atoms with E-state index in [2.05, 4.69) is 11.3 Å². The molecule has 0 aromatic heterocycles. The van der Waals surface area contributed by atoms with Crippen molar-refractivity contribution in [3.05, 3.63) is 66.2 Å². The fourth-order valence-corrected chi connectivity index (χ4v) is 1.86. The van der Waals surface area contributed by atoms with E-state index >= 15 is 0 Å². The van der Waals surface area contributed by atoms with Gasteiger partial charge >= 0.3 is 6.61 Å². The summed E-state index contributed by atoms with van der Waals surface area (Å²) in [6.45, 7) is 1.20. The molecular weight excluding hydrogens is 245 g/mol. The molecule has 0 amide bonds. The molecule has 4 heteroatoms. The second-order valence-corrected chi connectivity index (χ2v) is 4.25. The first-order valence-electron chi connectivity index (χ1n) is 5.87. The lowest BCUT2D eigenvalue weighted by Crippen LogP contribution is -2.03. The maximum Gasteiger partial charge on any atom is 0.387 e. The number of rotatable bonds is 4.